The fourth-order valence-electron chi connectivity index (χ4n) is 8.12. The molecule has 0 heterocycles. The van der Waals surface area contributed by atoms with Crippen molar-refractivity contribution in [2.45, 2.75) is 89.9 Å². The molecular formula is C57H62O21. The lowest BCUT2D eigenvalue weighted by atomic mass is 9.82. The lowest BCUT2D eigenvalue weighted by Crippen LogP contribution is -2.30. The molecule has 2 saturated carbocycles. The molecule has 0 radical (unpaired) electrons. The first-order chi connectivity index (χ1) is 37.6. The molecule has 0 unspecified atom stereocenters. The molecule has 0 saturated heterocycles. The topological polar surface area (TPSA) is 280 Å². The van der Waals surface area contributed by atoms with Gasteiger partial charge >= 0.3 is 59.7 Å². The summed E-state index contributed by atoms with van der Waals surface area (Å²) in [5.74, 6) is -6.90. The second-order valence-electron chi connectivity index (χ2n) is 18.0. The Balaban J connectivity index is 0.934. The van der Waals surface area contributed by atoms with Gasteiger partial charge in [-0.3, -0.25) is 43.2 Å². The molecule has 0 atom stereocenters. The second kappa shape index (κ2) is 32.2. The van der Waals surface area contributed by atoms with E-state index in [-0.39, 0.29) is 82.4 Å². The SMILES string of the molecule is C=CC(=O)OCCOC(=O)CCC(=O)OCCc1ccc(OC(=O)[C@H]2CC[C@H](C(=O)Oc3ccc(OC(=O)[C@H]4CC[C@H](C(=O)Oc5ccc(CCOC(=O)CCC(=O)OCCOC(=O)C=C)cc5)CC4)c(C=O)c3)CC2)cc1. The van der Waals surface area contributed by atoms with Crippen molar-refractivity contribution in [2.75, 3.05) is 39.6 Å². The van der Waals surface area contributed by atoms with Gasteiger partial charge in [0.2, 0.25) is 0 Å². The molecule has 0 aliphatic heterocycles. The van der Waals surface area contributed by atoms with E-state index in [1.807, 2.05) is 0 Å². The van der Waals surface area contributed by atoms with E-state index in [0.717, 1.165) is 23.3 Å². The monoisotopic (exact) mass is 1080 g/mol. The number of aldehydes is 1. The van der Waals surface area contributed by atoms with Gasteiger partial charge in [-0.15, -0.1) is 0 Å². The smallest absolute Gasteiger partial charge is 0.330 e. The highest BCUT2D eigenvalue weighted by molar-refractivity contribution is 5.85. The van der Waals surface area contributed by atoms with E-state index < -0.39 is 83.4 Å². The highest BCUT2D eigenvalue weighted by Gasteiger charge is 2.34. The van der Waals surface area contributed by atoms with Crippen LogP contribution in [0.2, 0.25) is 0 Å². The van der Waals surface area contributed by atoms with Gasteiger partial charge in [0.25, 0.3) is 0 Å². The number of benzene rings is 3. The summed E-state index contributed by atoms with van der Waals surface area (Å²) in [6.07, 6.45) is 5.40. The summed E-state index contributed by atoms with van der Waals surface area (Å²) in [6.45, 7) is 6.09. The predicted molar refractivity (Wildman–Crippen MR) is 270 cm³/mol. The van der Waals surface area contributed by atoms with Crippen molar-refractivity contribution < 1.29 is 100 Å². The summed E-state index contributed by atoms with van der Waals surface area (Å²) in [5, 5.41) is 0. The first kappa shape index (κ1) is 60.4. The van der Waals surface area contributed by atoms with Gasteiger partial charge in [0, 0.05) is 25.0 Å². The zero-order valence-electron chi connectivity index (χ0n) is 43.0. The van der Waals surface area contributed by atoms with E-state index in [0.29, 0.717) is 82.0 Å². The summed E-state index contributed by atoms with van der Waals surface area (Å²) >= 11 is 0. The van der Waals surface area contributed by atoms with Crippen LogP contribution in [0.4, 0.5) is 0 Å². The molecule has 3 aromatic rings. The third-order valence-corrected chi connectivity index (χ3v) is 12.5. The quantitative estimate of drug-likeness (QED) is 0.0181. The van der Waals surface area contributed by atoms with Crippen molar-refractivity contribution in [3.8, 4) is 23.0 Å². The van der Waals surface area contributed by atoms with E-state index in [4.69, 9.17) is 47.4 Å². The molecule has 2 aliphatic rings. The van der Waals surface area contributed by atoms with Crippen LogP contribution in [0.3, 0.4) is 0 Å². The molecule has 0 spiro atoms. The summed E-state index contributed by atoms with van der Waals surface area (Å²) < 4.78 is 51.9. The number of carbonyl (C=O) groups is 11. The van der Waals surface area contributed by atoms with Crippen LogP contribution >= 0.6 is 0 Å². The van der Waals surface area contributed by atoms with E-state index in [1.54, 1.807) is 48.5 Å². The normalized spacial score (nSPS) is 16.6. The molecule has 0 bridgehead atoms. The lowest BCUT2D eigenvalue weighted by Gasteiger charge is -2.26. The maximum absolute atomic E-state index is 13.2. The van der Waals surface area contributed by atoms with Gasteiger partial charge in [0.1, 0.15) is 49.4 Å². The van der Waals surface area contributed by atoms with Crippen LogP contribution in [0, 0.1) is 23.7 Å². The number of esters is 10. The summed E-state index contributed by atoms with van der Waals surface area (Å²) in [7, 11) is 0. The Bertz CT molecular complexity index is 2600. The Morgan fingerprint density at radius 2 is 0.705 bits per heavy atom. The third-order valence-electron chi connectivity index (χ3n) is 12.5. The molecule has 5 rings (SSSR count). The molecular weight excluding hydrogens is 1020 g/mol. The fraction of sp³-hybridized carbons (Fsp3) is 0.421. The van der Waals surface area contributed by atoms with Gasteiger partial charge in [-0.25, -0.2) is 9.59 Å². The first-order valence-corrected chi connectivity index (χ1v) is 25.5. The molecule has 2 aliphatic carbocycles. The minimum Gasteiger partial charge on any atom is -0.465 e. The lowest BCUT2D eigenvalue weighted by molar-refractivity contribution is -0.152. The Morgan fingerprint density at radius 3 is 1.05 bits per heavy atom. The van der Waals surface area contributed by atoms with Crippen molar-refractivity contribution in [3.63, 3.8) is 0 Å². The van der Waals surface area contributed by atoms with E-state index in [1.165, 1.54) is 18.2 Å². The van der Waals surface area contributed by atoms with Crippen molar-refractivity contribution in [2.24, 2.45) is 23.7 Å². The van der Waals surface area contributed by atoms with Crippen LogP contribution in [-0.4, -0.2) is 106 Å². The van der Waals surface area contributed by atoms with Crippen LogP contribution in [-0.2, 0) is 89.2 Å². The highest BCUT2D eigenvalue weighted by Crippen LogP contribution is 2.34. The van der Waals surface area contributed by atoms with E-state index in [2.05, 4.69) is 13.2 Å². The number of hydrogen-bond donors (Lipinski definition) is 0. The number of ether oxygens (including phenoxy) is 10. The first-order valence-electron chi connectivity index (χ1n) is 25.5. The maximum atomic E-state index is 13.2. The van der Waals surface area contributed by atoms with Gasteiger partial charge in [-0.2, -0.15) is 0 Å². The standard InChI is InChI=1S/C57H62O21/c1-3-48(59)71-31-33-73-52(63)25-23-50(61)69-29-27-37-5-17-44(18-6-37)75-54(65)39-9-11-41(12-10-39)56(67)77-46-21-22-47(43(35-46)36-58)78-57(68)42-15-13-40(14-16-42)55(66)76-45-19-7-38(8-20-45)28-30-70-51(62)24-26-53(64)74-34-32-72-49(60)4-2/h3-8,17-22,35-36,39-42H,1-2,9-16,23-34H2/t39-,40-,41-,42-. The molecule has 0 aromatic heterocycles. The van der Waals surface area contributed by atoms with Gasteiger partial charge in [-0.1, -0.05) is 37.4 Å². The van der Waals surface area contributed by atoms with Crippen LogP contribution in [0.15, 0.2) is 92.0 Å². The highest BCUT2D eigenvalue weighted by atomic mass is 16.6. The van der Waals surface area contributed by atoms with Crippen LogP contribution < -0.4 is 18.9 Å². The van der Waals surface area contributed by atoms with Crippen molar-refractivity contribution in [3.05, 3.63) is 109 Å². The minimum absolute atomic E-state index is 0.00400. The van der Waals surface area contributed by atoms with Gasteiger partial charge in [0.05, 0.1) is 68.1 Å². The summed E-state index contributed by atoms with van der Waals surface area (Å²) in [5.41, 5.74) is 1.62. The van der Waals surface area contributed by atoms with Crippen LogP contribution in [0.5, 0.6) is 23.0 Å². The van der Waals surface area contributed by atoms with Crippen LogP contribution in [0.1, 0.15) is 98.5 Å². The van der Waals surface area contributed by atoms with Crippen molar-refractivity contribution in [1.82, 2.24) is 0 Å². The number of rotatable bonds is 29. The Hall–Kier alpha value is -8.49. The summed E-state index contributed by atoms with van der Waals surface area (Å²) in [4.78, 5) is 134. The summed E-state index contributed by atoms with van der Waals surface area (Å²) in [6, 6.07) is 17.5. The molecule has 78 heavy (non-hydrogen) atoms. The van der Waals surface area contributed by atoms with E-state index >= 15 is 0 Å². The third kappa shape index (κ3) is 21.3. The largest absolute Gasteiger partial charge is 0.465 e. The zero-order chi connectivity index (χ0) is 56.2. The van der Waals surface area contributed by atoms with Gasteiger partial charge < -0.3 is 47.4 Å². The van der Waals surface area contributed by atoms with Gasteiger partial charge in [0.15, 0.2) is 6.29 Å². The molecule has 21 nitrogen and oxygen atoms in total. The Morgan fingerprint density at radius 1 is 0.397 bits per heavy atom. The van der Waals surface area contributed by atoms with Crippen LogP contribution in [0.25, 0.3) is 0 Å². The Kier molecular flexibility index (Phi) is 24.9. The van der Waals surface area contributed by atoms with E-state index in [9.17, 15) is 52.7 Å². The zero-order valence-corrected chi connectivity index (χ0v) is 43.0. The molecule has 416 valence electrons. The number of carbonyl (C=O) groups excluding carboxylic acids is 11. The predicted octanol–water partition coefficient (Wildman–Crippen LogP) is 6.41. The minimum atomic E-state index is -0.641. The average molecular weight is 1080 g/mol. The average Bonchev–Trinajstić information content (AvgIpc) is 3.45. The molecule has 0 amide bonds. The van der Waals surface area contributed by atoms with Crippen molar-refractivity contribution >= 4 is 66.0 Å². The maximum Gasteiger partial charge on any atom is 0.330 e. The molecule has 21 heteroatoms. The molecule has 0 N–H and O–H groups in total. The fourth-order valence-corrected chi connectivity index (χ4v) is 8.12. The Labute approximate surface area is 449 Å². The van der Waals surface area contributed by atoms with Gasteiger partial charge in [-0.05, 0) is 105 Å². The molecule has 3 aromatic carbocycles. The molecule has 2 fully saturated rings. The van der Waals surface area contributed by atoms with Crippen molar-refractivity contribution in [1.29, 1.82) is 0 Å². The second-order valence-corrected chi connectivity index (χ2v) is 18.0. The number of hydrogen-bond acceptors (Lipinski definition) is 21.